The molecule has 138 valence electrons. The summed E-state index contributed by atoms with van der Waals surface area (Å²) < 4.78 is 0. The van der Waals surface area contributed by atoms with Gasteiger partial charge in [0.2, 0.25) is 0 Å². The van der Waals surface area contributed by atoms with Gasteiger partial charge in [0.1, 0.15) is 0 Å². The third-order valence-electron chi connectivity index (χ3n) is 5.01. The minimum Gasteiger partial charge on any atom is -0.378 e. The molecule has 0 atom stereocenters. The van der Waals surface area contributed by atoms with Crippen molar-refractivity contribution in [2.75, 3.05) is 11.9 Å². The minimum absolute atomic E-state index is 0.104. The smallest absolute Gasteiger partial charge is 0.162 e. The van der Waals surface area contributed by atoms with Crippen LogP contribution in [0.5, 0.6) is 0 Å². The van der Waals surface area contributed by atoms with E-state index in [4.69, 9.17) is 0 Å². The van der Waals surface area contributed by atoms with Crippen molar-refractivity contribution in [1.82, 2.24) is 0 Å². The SMILES string of the molecule is CCC(=O)c1cccc(NCC(=O)Cc2cc(C)c3ccccc3c2C)c1. The number of hydrogen-bond acceptors (Lipinski definition) is 3. The van der Waals surface area contributed by atoms with Crippen LogP contribution in [0.15, 0.2) is 54.6 Å². The van der Waals surface area contributed by atoms with Crippen LogP contribution in [0.25, 0.3) is 10.8 Å². The molecule has 0 radical (unpaired) electrons. The highest BCUT2D eigenvalue weighted by molar-refractivity contribution is 5.97. The van der Waals surface area contributed by atoms with E-state index in [1.54, 1.807) is 6.07 Å². The van der Waals surface area contributed by atoms with Gasteiger partial charge in [0.25, 0.3) is 0 Å². The highest BCUT2D eigenvalue weighted by Crippen LogP contribution is 2.26. The molecule has 3 aromatic rings. The monoisotopic (exact) mass is 359 g/mol. The molecule has 0 aliphatic rings. The number of carbonyl (C=O) groups is 2. The molecule has 3 heteroatoms. The second-order valence-electron chi connectivity index (χ2n) is 6.95. The topological polar surface area (TPSA) is 46.2 Å². The molecule has 3 rings (SSSR count). The lowest BCUT2D eigenvalue weighted by molar-refractivity contribution is -0.116. The van der Waals surface area contributed by atoms with E-state index >= 15 is 0 Å². The normalized spacial score (nSPS) is 10.8. The number of fused-ring (bicyclic) bond motifs is 1. The largest absolute Gasteiger partial charge is 0.378 e. The molecule has 0 heterocycles. The first-order valence-electron chi connectivity index (χ1n) is 9.36. The first-order valence-corrected chi connectivity index (χ1v) is 9.36. The van der Waals surface area contributed by atoms with Crippen LogP contribution in [0.4, 0.5) is 5.69 Å². The van der Waals surface area contributed by atoms with Crippen LogP contribution in [-0.4, -0.2) is 18.1 Å². The summed E-state index contributed by atoms with van der Waals surface area (Å²) in [6.07, 6.45) is 0.876. The molecule has 0 aliphatic carbocycles. The van der Waals surface area contributed by atoms with E-state index in [0.717, 1.165) is 11.3 Å². The first-order chi connectivity index (χ1) is 13.0. The first kappa shape index (κ1) is 18.8. The molecule has 0 unspecified atom stereocenters. The Kier molecular flexibility index (Phi) is 5.70. The summed E-state index contributed by atoms with van der Waals surface area (Å²) in [5, 5.41) is 5.60. The van der Waals surface area contributed by atoms with Crippen molar-refractivity contribution in [3.8, 4) is 0 Å². The Hall–Kier alpha value is -2.94. The summed E-state index contributed by atoms with van der Waals surface area (Å²) in [6, 6.07) is 17.8. The average molecular weight is 359 g/mol. The zero-order valence-corrected chi connectivity index (χ0v) is 16.1. The van der Waals surface area contributed by atoms with Gasteiger partial charge >= 0.3 is 0 Å². The Morgan fingerprint density at radius 1 is 0.926 bits per heavy atom. The number of hydrogen-bond donors (Lipinski definition) is 1. The number of benzene rings is 3. The molecule has 0 saturated carbocycles. The van der Waals surface area contributed by atoms with Crippen molar-refractivity contribution >= 4 is 28.0 Å². The van der Waals surface area contributed by atoms with Crippen molar-refractivity contribution < 1.29 is 9.59 Å². The number of aryl methyl sites for hydroxylation is 2. The molecule has 27 heavy (non-hydrogen) atoms. The Morgan fingerprint density at radius 2 is 1.67 bits per heavy atom. The standard InChI is InChI=1S/C24H25NO2/c1-4-24(27)18-8-7-9-20(13-18)25-15-21(26)14-19-12-16(2)22-10-5-6-11-23(22)17(19)3/h5-13,25H,4,14-15H2,1-3H3. The maximum Gasteiger partial charge on any atom is 0.162 e. The lowest BCUT2D eigenvalue weighted by atomic mass is 9.93. The van der Waals surface area contributed by atoms with Crippen LogP contribution in [0.2, 0.25) is 0 Å². The molecule has 0 saturated heterocycles. The highest BCUT2D eigenvalue weighted by Gasteiger charge is 2.11. The molecular weight excluding hydrogens is 334 g/mol. The van der Waals surface area contributed by atoms with Crippen molar-refractivity contribution in [2.24, 2.45) is 0 Å². The van der Waals surface area contributed by atoms with Gasteiger partial charge in [-0.3, -0.25) is 9.59 Å². The number of ketones is 2. The van der Waals surface area contributed by atoms with Crippen molar-refractivity contribution in [3.63, 3.8) is 0 Å². The van der Waals surface area contributed by atoms with E-state index in [2.05, 4.69) is 37.4 Å². The molecule has 0 spiro atoms. The molecule has 0 bridgehead atoms. The van der Waals surface area contributed by atoms with Gasteiger partial charge in [0.05, 0.1) is 6.54 Å². The van der Waals surface area contributed by atoms with Crippen LogP contribution >= 0.6 is 0 Å². The summed E-state index contributed by atoms with van der Waals surface area (Å²) in [6.45, 7) is 6.26. The Morgan fingerprint density at radius 3 is 2.41 bits per heavy atom. The van der Waals surface area contributed by atoms with Crippen LogP contribution in [0.3, 0.4) is 0 Å². The molecular formula is C24H25NO2. The van der Waals surface area contributed by atoms with Crippen LogP contribution < -0.4 is 5.32 Å². The predicted octanol–water partition coefficient (Wildman–Crippen LogP) is 5.27. The number of nitrogens with one attached hydrogen (secondary N) is 1. The fourth-order valence-electron chi connectivity index (χ4n) is 3.44. The Balaban J connectivity index is 1.71. The Bertz CT molecular complexity index is 1000. The molecule has 0 fully saturated rings. The van der Waals surface area contributed by atoms with Crippen LogP contribution in [0, 0.1) is 13.8 Å². The third kappa shape index (κ3) is 4.25. The van der Waals surface area contributed by atoms with Crippen molar-refractivity contribution in [3.05, 3.63) is 76.9 Å². The minimum atomic E-state index is 0.104. The van der Waals surface area contributed by atoms with Gasteiger partial charge in [-0.2, -0.15) is 0 Å². The lowest BCUT2D eigenvalue weighted by Gasteiger charge is -2.13. The summed E-state index contributed by atoms with van der Waals surface area (Å²) in [4.78, 5) is 24.4. The van der Waals surface area contributed by atoms with Crippen molar-refractivity contribution in [1.29, 1.82) is 0 Å². The molecule has 0 aliphatic heterocycles. The maximum absolute atomic E-state index is 12.5. The zero-order valence-electron chi connectivity index (χ0n) is 16.1. The average Bonchev–Trinajstić information content (AvgIpc) is 2.70. The molecule has 0 aromatic heterocycles. The van der Waals surface area contributed by atoms with Crippen molar-refractivity contribution in [2.45, 2.75) is 33.6 Å². The van der Waals surface area contributed by atoms with Gasteiger partial charge < -0.3 is 5.32 Å². The van der Waals surface area contributed by atoms with Gasteiger partial charge in [-0.05, 0) is 53.4 Å². The van der Waals surface area contributed by atoms with E-state index in [1.165, 1.54) is 21.9 Å². The summed E-state index contributed by atoms with van der Waals surface area (Å²) in [5.41, 5.74) is 4.91. The Labute approximate surface area is 160 Å². The number of rotatable bonds is 7. The maximum atomic E-state index is 12.5. The lowest BCUT2D eigenvalue weighted by Crippen LogP contribution is -2.17. The van der Waals surface area contributed by atoms with Gasteiger partial charge in [-0.25, -0.2) is 0 Å². The van der Waals surface area contributed by atoms with Crippen LogP contribution in [0.1, 0.15) is 40.4 Å². The fraction of sp³-hybridized carbons (Fsp3) is 0.250. The predicted molar refractivity (Wildman–Crippen MR) is 112 cm³/mol. The second-order valence-corrected chi connectivity index (χ2v) is 6.95. The number of carbonyl (C=O) groups excluding carboxylic acids is 2. The highest BCUT2D eigenvalue weighted by atomic mass is 16.1. The van der Waals surface area contributed by atoms with E-state index in [1.807, 2.05) is 37.3 Å². The van der Waals surface area contributed by atoms with Gasteiger partial charge in [0, 0.05) is 24.1 Å². The molecule has 3 nitrogen and oxygen atoms in total. The molecule has 0 amide bonds. The van der Waals surface area contributed by atoms with E-state index in [0.29, 0.717) is 18.4 Å². The van der Waals surface area contributed by atoms with Gasteiger partial charge in [-0.1, -0.05) is 49.4 Å². The fourth-order valence-corrected chi connectivity index (χ4v) is 3.44. The number of Topliss-reactive ketones (excluding diaryl/α,β-unsaturated/α-hetero) is 2. The second kappa shape index (κ2) is 8.17. The summed E-state index contributed by atoms with van der Waals surface area (Å²) >= 11 is 0. The molecule has 3 aromatic carbocycles. The van der Waals surface area contributed by atoms with Crippen LogP contribution in [-0.2, 0) is 11.2 Å². The summed E-state index contributed by atoms with van der Waals surface area (Å²) in [5.74, 6) is 0.229. The summed E-state index contributed by atoms with van der Waals surface area (Å²) in [7, 11) is 0. The third-order valence-corrected chi connectivity index (χ3v) is 5.01. The van der Waals surface area contributed by atoms with Gasteiger partial charge in [0.15, 0.2) is 11.6 Å². The quantitative estimate of drug-likeness (QED) is 0.584. The van der Waals surface area contributed by atoms with E-state index in [9.17, 15) is 9.59 Å². The van der Waals surface area contributed by atoms with Gasteiger partial charge in [-0.15, -0.1) is 0 Å². The number of anilines is 1. The van der Waals surface area contributed by atoms with E-state index < -0.39 is 0 Å². The van der Waals surface area contributed by atoms with E-state index in [-0.39, 0.29) is 18.1 Å². The zero-order chi connectivity index (χ0) is 19.4. The molecule has 1 N–H and O–H groups in total.